The number of benzene rings is 1. The van der Waals surface area contributed by atoms with Crippen LogP contribution >= 0.6 is 0 Å². The number of hydrogen-bond acceptors (Lipinski definition) is 6. The highest BCUT2D eigenvalue weighted by molar-refractivity contribution is 5.71. The van der Waals surface area contributed by atoms with E-state index >= 15 is 0 Å². The largest absolute Gasteiger partial charge is 0.398 e. The van der Waals surface area contributed by atoms with E-state index in [-0.39, 0.29) is 5.82 Å². The van der Waals surface area contributed by atoms with E-state index in [2.05, 4.69) is 15.5 Å². The maximum absolute atomic E-state index is 13.4. The van der Waals surface area contributed by atoms with E-state index in [9.17, 15) is 4.39 Å². The molecule has 8 heteroatoms. The van der Waals surface area contributed by atoms with Crippen LogP contribution in [0.1, 0.15) is 6.42 Å². The Kier molecular flexibility index (Phi) is 3.56. The van der Waals surface area contributed by atoms with Crippen LogP contribution in [0.2, 0.25) is 0 Å². The second-order valence-electron chi connectivity index (χ2n) is 5.08. The molecule has 1 aromatic heterocycles. The van der Waals surface area contributed by atoms with Crippen LogP contribution < -0.4 is 5.73 Å². The zero-order valence-electron chi connectivity index (χ0n) is 11.6. The molecule has 112 valence electrons. The number of anilines is 1. The summed E-state index contributed by atoms with van der Waals surface area (Å²) in [5, 5.41) is 11.6. The predicted octanol–water partition coefficient (Wildman–Crippen LogP) is 0.867. The first kappa shape index (κ1) is 13.9. The Morgan fingerprint density at radius 1 is 1.52 bits per heavy atom. The second-order valence-corrected chi connectivity index (χ2v) is 5.08. The molecule has 1 unspecified atom stereocenters. The monoisotopic (exact) mass is 293 g/mol. The van der Waals surface area contributed by atoms with Gasteiger partial charge in [0.25, 0.3) is 0 Å². The number of halogens is 1. The lowest BCUT2D eigenvalue weighted by Crippen LogP contribution is -2.37. The highest BCUT2D eigenvalue weighted by Gasteiger charge is 2.36. The fourth-order valence-corrected chi connectivity index (χ4v) is 2.44. The van der Waals surface area contributed by atoms with Gasteiger partial charge in [-0.3, -0.25) is 0 Å². The molecule has 0 amide bonds. The van der Waals surface area contributed by atoms with Gasteiger partial charge in [0.15, 0.2) is 5.82 Å². The molecule has 7 nitrogen and oxygen atoms in total. The molecule has 21 heavy (non-hydrogen) atoms. The van der Waals surface area contributed by atoms with Crippen LogP contribution in [-0.4, -0.2) is 46.1 Å². The Bertz CT molecular complexity index is 639. The van der Waals surface area contributed by atoms with Gasteiger partial charge in [0.1, 0.15) is 11.4 Å². The predicted molar refractivity (Wildman–Crippen MR) is 72.8 cm³/mol. The highest BCUT2D eigenvalue weighted by atomic mass is 19.1. The number of methoxy groups -OCH3 is 1. The lowest BCUT2D eigenvalue weighted by molar-refractivity contribution is -0.0317. The lowest BCUT2D eigenvalue weighted by atomic mass is 10.0. The van der Waals surface area contributed by atoms with E-state index in [1.165, 1.54) is 18.2 Å². The molecule has 2 N–H and O–H groups in total. The van der Waals surface area contributed by atoms with E-state index in [4.69, 9.17) is 15.2 Å². The molecule has 2 heterocycles. The third-order valence-corrected chi connectivity index (χ3v) is 3.73. The van der Waals surface area contributed by atoms with E-state index in [1.54, 1.807) is 11.8 Å². The van der Waals surface area contributed by atoms with Gasteiger partial charge in [-0.1, -0.05) is 0 Å². The summed E-state index contributed by atoms with van der Waals surface area (Å²) < 4.78 is 26.0. The van der Waals surface area contributed by atoms with E-state index in [1.807, 2.05) is 0 Å². The Morgan fingerprint density at radius 2 is 2.38 bits per heavy atom. The van der Waals surface area contributed by atoms with E-state index < -0.39 is 5.60 Å². The van der Waals surface area contributed by atoms with Crippen LogP contribution in [0.15, 0.2) is 18.2 Å². The van der Waals surface area contributed by atoms with Gasteiger partial charge in [-0.15, -0.1) is 5.10 Å². The third kappa shape index (κ3) is 2.59. The maximum atomic E-state index is 13.4. The van der Waals surface area contributed by atoms with Crippen molar-refractivity contribution in [2.24, 2.45) is 0 Å². The molecular formula is C13H16FN5O2. The molecule has 3 rings (SSSR count). The van der Waals surface area contributed by atoms with Crippen molar-refractivity contribution in [2.75, 3.05) is 26.1 Å². The van der Waals surface area contributed by atoms with Crippen LogP contribution in [0.5, 0.6) is 0 Å². The molecule has 1 saturated heterocycles. The van der Waals surface area contributed by atoms with Crippen molar-refractivity contribution in [2.45, 2.75) is 18.6 Å². The number of nitrogens with two attached hydrogens (primary N) is 1. The Hall–Kier alpha value is -2.06. The fourth-order valence-electron chi connectivity index (χ4n) is 2.44. The smallest absolute Gasteiger partial charge is 0.184 e. The van der Waals surface area contributed by atoms with Gasteiger partial charge in [-0.25, -0.2) is 9.07 Å². The maximum Gasteiger partial charge on any atom is 0.184 e. The summed E-state index contributed by atoms with van der Waals surface area (Å²) in [6.45, 7) is 1.52. The zero-order chi connectivity index (χ0) is 14.9. The number of ether oxygens (including phenoxy) is 2. The van der Waals surface area contributed by atoms with Crippen LogP contribution in [-0.2, 0) is 16.0 Å². The summed E-state index contributed by atoms with van der Waals surface area (Å²) in [5.74, 6) is 0.0229. The zero-order valence-corrected chi connectivity index (χ0v) is 11.6. The summed E-state index contributed by atoms with van der Waals surface area (Å²) in [6.07, 6.45) is 0.751. The van der Waals surface area contributed by atoms with Gasteiger partial charge in [0.2, 0.25) is 0 Å². The summed E-state index contributed by atoms with van der Waals surface area (Å²) in [6, 6.07) is 4.12. The molecule has 0 aliphatic carbocycles. The summed E-state index contributed by atoms with van der Waals surface area (Å²) in [7, 11) is 1.63. The van der Waals surface area contributed by atoms with Crippen molar-refractivity contribution in [1.82, 2.24) is 20.2 Å². The minimum absolute atomic E-state index is 0.389. The average Bonchev–Trinajstić information content (AvgIpc) is 3.12. The number of aromatic nitrogens is 4. The molecule has 1 aliphatic rings. The number of rotatable bonds is 4. The van der Waals surface area contributed by atoms with Gasteiger partial charge in [-0.2, -0.15) is 0 Å². The van der Waals surface area contributed by atoms with Crippen molar-refractivity contribution in [1.29, 1.82) is 0 Å². The standard InChI is InChI=1S/C13H16FN5O2/c1-20-13(4-5-21-8-13)7-19-12(16-17-18-19)10-6-9(14)2-3-11(10)15/h2-3,6H,4-5,7-8,15H2,1H3. The van der Waals surface area contributed by atoms with Crippen molar-refractivity contribution in [3.8, 4) is 11.4 Å². The Labute approximate surface area is 120 Å². The fraction of sp³-hybridized carbons (Fsp3) is 0.462. The number of nitrogen functional groups attached to an aromatic ring is 1. The van der Waals surface area contributed by atoms with Crippen LogP contribution in [0.3, 0.4) is 0 Å². The van der Waals surface area contributed by atoms with E-state index in [0.717, 1.165) is 6.42 Å². The molecule has 2 aromatic rings. The quantitative estimate of drug-likeness (QED) is 0.841. The molecule has 0 radical (unpaired) electrons. The number of nitrogens with zero attached hydrogens (tertiary/aromatic N) is 4. The van der Waals surface area contributed by atoms with Crippen LogP contribution in [0.25, 0.3) is 11.4 Å². The molecule has 1 fully saturated rings. The first-order valence-electron chi connectivity index (χ1n) is 6.58. The van der Waals surface area contributed by atoms with E-state index in [0.29, 0.717) is 36.8 Å². The normalized spacial score (nSPS) is 21.8. The van der Waals surface area contributed by atoms with Gasteiger partial charge in [-0.05, 0) is 28.6 Å². The first-order chi connectivity index (χ1) is 10.1. The van der Waals surface area contributed by atoms with Crippen LogP contribution in [0, 0.1) is 5.82 Å². The molecule has 1 atom stereocenters. The highest BCUT2D eigenvalue weighted by Crippen LogP contribution is 2.28. The van der Waals surface area contributed by atoms with Crippen molar-refractivity contribution < 1.29 is 13.9 Å². The third-order valence-electron chi connectivity index (χ3n) is 3.73. The summed E-state index contributed by atoms with van der Waals surface area (Å²) in [4.78, 5) is 0. The summed E-state index contributed by atoms with van der Waals surface area (Å²) >= 11 is 0. The molecule has 0 saturated carbocycles. The van der Waals surface area contributed by atoms with Gasteiger partial charge < -0.3 is 15.2 Å². The molecule has 1 aromatic carbocycles. The minimum atomic E-state index is -0.466. The van der Waals surface area contributed by atoms with Crippen LogP contribution in [0.4, 0.5) is 10.1 Å². The van der Waals surface area contributed by atoms with Gasteiger partial charge in [0, 0.05) is 31.4 Å². The second kappa shape index (κ2) is 5.38. The molecule has 1 aliphatic heterocycles. The van der Waals surface area contributed by atoms with Crippen molar-refractivity contribution >= 4 is 5.69 Å². The topological polar surface area (TPSA) is 88.1 Å². The number of tetrazole rings is 1. The van der Waals surface area contributed by atoms with Crippen molar-refractivity contribution in [3.05, 3.63) is 24.0 Å². The Balaban J connectivity index is 1.96. The minimum Gasteiger partial charge on any atom is -0.398 e. The van der Waals surface area contributed by atoms with Gasteiger partial charge in [0.05, 0.1) is 13.2 Å². The SMILES string of the molecule is COC1(Cn2nnnc2-c2cc(F)ccc2N)CCOC1. The Morgan fingerprint density at radius 3 is 3.10 bits per heavy atom. The summed E-state index contributed by atoms with van der Waals surface area (Å²) in [5.41, 5.74) is 6.31. The molecular weight excluding hydrogens is 277 g/mol. The first-order valence-corrected chi connectivity index (χ1v) is 6.58. The van der Waals surface area contributed by atoms with Gasteiger partial charge >= 0.3 is 0 Å². The average molecular weight is 293 g/mol. The van der Waals surface area contributed by atoms with Crippen molar-refractivity contribution in [3.63, 3.8) is 0 Å². The molecule has 0 bridgehead atoms. The molecule has 0 spiro atoms. The number of hydrogen-bond donors (Lipinski definition) is 1. The lowest BCUT2D eigenvalue weighted by Gasteiger charge is -2.25.